The van der Waals surface area contributed by atoms with Gasteiger partial charge in [-0.25, -0.2) is 4.79 Å². The summed E-state index contributed by atoms with van der Waals surface area (Å²) in [5, 5.41) is 0. The van der Waals surface area contributed by atoms with Crippen molar-refractivity contribution in [1.82, 2.24) is 4.57 Å². The number of hydrogen-bond acceptors (Lipinski definition) is 4. The van der Waals surface area contributed by atoms with E-state index in [9.17, 15) is 9.59 Å². The van der Waals surface area contributed by atoms with Crippen LogP contribution in [0.3, 0.4) is 0 Å². The maximum absolute atomic E-state index is 11.6. The Morgan fingerprint density at radius 1 is 1.50 bits per heavy atom. The van der Waals surface area contributed by atoms with E-state index in [2.05, 4.69) is 9.73 Å². The lowest BCUT2D eigenvalue weighted by Gasteiger charge is -2.06. The van der Waals surface area contributed by atoms with Gasteiger partial charge in [-0.15, -0.1) is 0 Å². The molecule has 0 bridgehead atoms. The lowest BCUT2D eigenvalue weighted by Crippen LogP contribution is -2.20. The fourth-order valence-electron chi connectivity index (χ4n) is 1.90. The second-order valence-corrected chi connectivity index (χ2v) is 4.23. The third kappa shape index (κ3) is 2.11. The molecule has 18 heavy (non-hydrogen) atoms. The van der Waals surface area contributed by atoms with Crippen LogP contribution in [0.4, 0.5) is 0 Å². The Morgan fingerprint density at radius 3 is 2.83 bits per heavy atom. The van der Waals surface area contributed by atoms with Crippen molar-refractivity contribution < 1.29 is 9.53 Å². The number of esters is 1. The fourth-order valence-corrected chi connectivity index (χ4v) is 1.90. The molecule has 0 fully saturated rings. The Kier molecular flexibility index (Phi) is 3.14. The highest BCUT2D eigenvalue weighted by atomic mass is 16.5. The first-order valence-electron chi connectivity index (χ1n) is 5.54. The van der Waals surface area contributed by atoms with Crippen molar-refractivity contribution >= 4 is 11.7 Å². The number of methoxy groups -OCH3 is 1. The van der Waals surface area contributed by atoms with Gasteiger partial charge in [0, 0.05) is 37.0 Å². The molecule has 5 nitrogen and oxygen atoms in total. The Morgan fingerprint density at radius 2 is 2.22 bits per heavy atom. The van der Waals surface area contributed by atoms with Gasteiger partial charge in [-0.05, 0) is 13.0 Å². The summed E-state index contributed by atoms with van der Waals surface area (Å²) in [6.07, 6.45) is 3.67. The van der Waals surface area contributed by atoms with Crippen LogP contribution in [0.5, 0.6) is 0 Å². The Balaban J connectivity index is 2.27. The second kappa shape index (κ2) is 4.60. The molecule has 1 aromatic rings. The number of aromatic nitrogens is 1. The highest BCUT2D eigenvalue weighted by Crippen LogP contribution is 2.18. The molecule has 94 valence electrons. The zero-order valence-electron chi connectivity index (χ0n) is 10.6. The van der Waals surface area contributed by atoms with E-state index in [1.165, 1.54) is 17.9 Å². The van der Waals surface area contributed by atoms with Gasteiger partial charge in [0.05, 0.1) is 18.4 Å². The first kappa shape index (κ1) is 12.3. The minimum Gasteiger partial charge on any atom is -0.466 e. The van der Waals surface area contributed by atoms with Crippen molar-refractivity contribution in [3.05, 3.63) is 45.5 Å². The van der Waals surface area contributed by atoms with Gasteiger partial charge in [-0.3, -0.25) is 9.79 Å². The van der Waals surface area contributed by atoms with Gasteiger partial charge in [-0.1, -0.05) is 0 Å². The maximum Gasteiger partial charge on any atom is 0.335 e. The van der Waals surface area contributed by atoms with Gasteiger partial charge in [-0.2, -0.15) is 0 Å². The molecule has 0 unspecified atom stereocenters. The average molecular weight is 246 g/mol. The zero-order valence-corrected chi connectivity index (χ0v) is 10.6. The summed E-state index contributed by atoms with van der Waals surface area (Å²) in [5.74, 6) is -0.365. The van der Waals surface area contributed by atoms with E-state index in [0.29, 0.717) is 17.6 Å². The summed E-state index contributed by atoms with van der Waals surface area (Å²) in [5.41, 5.74) is 2.78. The molecule has 0 radical (unpaired) electrons. The van der Waals surface area contributed by atoms with E-state index in [1.54, 1.807) is 26.2 Å². The van der Waals surface area contributed by atoms with Crippen LogP contribution in [0.1, 0.15) is 17.5 Å². The summed E-state index contributed by atoms with van der Waals surface area (Å²) >= 11 is 0. The van der Waals surface area contributed by atoms with Crippen molar-refractivity contribution in [3.63, 3.8) is 0 Å². The Bertz CT molecular complexity index is 597. The standard InChI is InChI=1S/C13H14N2O3/c1-8-4-10(7-15(2)12(8)16)11-5-9(6-14-11)13(17)18-3/h4,6-7H,5H2,1-3H3. The van der Waals surface area contributed by atoms with Crippen LogP contribution < -0.4 is 5.56 Å². The molecule has 1 aliphatic heterocycles. The smallest absolute Gasteiger partial charge is 0.335 e. The predicted molar refractivity (Wildman–Crippen MR) is 67.7 cm³/mol. The molecule has 0 aliphatic carbocycles. The Labute approximate surface area is 104 Å². The molecular weight excluding hydrogens is 232 g/mol. The van der Waals surface area contributed by atoms with Crippen LogP contribution in [-0.2, 0) is 16.6 Å². The van der Waals surface area contributed by atoms with Crippen LogP contribution in [-0.4, -0.2) is 23.4 Å². The summed E-state index contributed by atoms with van der Waals surface area (Å²) in [6.45, 7) is 1.76. The van der Waals surface area contributed by atoms with E-state index in [4.69, 9.17) is 0 Å². The molecule has 0 amide bonds. The van der Waals surface area contributed by atoms with Crippen LogP contribution in [0.2, 0.25) is 0 Å². The van der Waals surface area contributed by atoms with Crippen molar-refractivity contribution in [1.29, 1.82) is 0 Å². The molecule has 0 saturated carbocycles. The topological polar surface area (TPSA) is 60.7 Å². The molecule has 0 N–H and O–H groups in total. The van der Waals surface area contributed by atoms with Gasteiger partial charge >= 0.3 is 5.97 Å². The predicted octanol–water partition coefficient (Wildman–Crippen LogP) is 0.943. The van der Waals surface area contributed by atoms with Gasteiger partial charge in [0.15, 0.2) is 0 Å². The first-order valence-corrected chi connectivity index (χ1v) is 5.54. The number of rotatable bonds is 2. The van der Waals surface area contributed by atoms with Crippen molar-refractivity contribution in [2.24, 2.45) is 12.0 Å². The van der Waals surface area contributed by atoms with E-state index < -0.39 is 0 Å². The van der Waals surface area contributed by atoms with Crippen LogP contribution in [0, 0.1) is 6.92 Å². The zero-order chi connectivity index (χ0) is 13.3. The lowest BCUT2D eigenvalue weighted by molar-refractivity contribution is -0.136. The van der Waals surface area contributed by atoms with Crippen LogP contribution >= 0.6 is 0 Å². The molecule has 1 aromatic heterocycles. The van der Waals surface area contributed by atoms with Crippen molar-refractivity contribution in [2.45, 2.75) is 13.3 Å². The first-order chi connectivity index (χ1) is 8.52. The SMILES string of the molecule is COC(=O)C1=CN=C(c2cc(C)c(=O)n(C)c2)C1. The molecule has 1 aliphatic rings. The minimum atomic E-state index is -0.365. The van der Waals surface area contributed by atoms with Crippen LogP contribution in [0.25, 0.3) is 0 Å². The summed E-state index contributed by atoms with van der Waals surface area (Å²) < 4.78 is 6.17. The lowest BCUT2D eigenvalue weighted by atomic mass is 10.1. The number of ether oxygens (including phenoxy) is 1. The van der Waals surface area contributed by atoms with Gasteiger partial charge < -0.3 is 9.30 Å². The number of carbonyl (C=O) groups is 1. The number of carbonyl (C=O) groups excluding carboxylic acids is 1. The summed E-state index contributed by atoms with van der Waals surface area (Å²) in [6, 6.07) is 1.79. The number of hydrogen-bond donors (Lipinski definition) is 0. The maximum atomic E-state index is 11.6. The number of aliphatic imine (C=N–C) groups is 1. The van der Waals surface area contributed by atoms with Crippen molar-refractivity contribution in [3.8, 4) is 0 Å². The molecule has 0 spiro atoms. The van der Waals surface area contributed by atoms with E-state index in [-0.39, 0.29) is 11.5 Å². The number of nitrogens with zero attached hydrogens (tertiary/aromatic N) is 2. The number of pyridine rings is 1. The minimum absolute atomic E-state index is 0.0292. The second-order valence-electron chi connectivity index (χ2n) is 4.23. The quantitative estimate of drug-likeness (QED) is 0.730. The number of aryl methyl sites for hydroxylation is 2. The van der Waals surface area contributed by atoms with Gasteiger partial charge in [0.25, 0.3) is 5.56 Å². The largest absolute Gasteiger partial charge is 0.466 e. The molecule has 2 heterocycles. The molecule has 0 atom stereocenters. The van der Waals surface area contributed by atoms with E-state index in [1.807, 2.05) is 0 Å². The summed E-state index contributed by atoms with van der Waals surface area (Å²) in [4.78, 5) is 27.2. The summed E-state index contributed by atoms with van der Waals surface area (Å²) in [7, 11) is 3.04. The Hall–Kier alpha value is -2.17. The van der Waals surface area contributed by atoms with Gasteiger partial charge in [0.1, 0.15) is 0 Å². The fraction of sp³-hybridized carbons (Fsp3) is 0.308. The monoisotopic (exact) mass is 246 g/mol. The molecule has 0 saturated heterocycles. The highest BCUT2D eigenvalue weighted by Gasteiger charge is 2.19. The van der Waals surface area contributed by atoms with Crippen LogP contribution in [0.15, 0.2) is 33.8 Å². The van der Waals surface area contributed by atoms with E-state index >= 15 is 0 Å². The van der Waals surface area contributed by atoms with Gasteiger partial charge in [0.2, 0.25) is 0 Å². The van der Waals surface area contributed by atoms with Crippen molar-refractivity contribution in [2.75, 3.05) is 7.11 Å². The molecule has 2 rings (SSSR count). The normalized spacial score (nSPS) is 14.2. The molecule has 5 heteroatoms. The molecular formula is C13H14N2O3. The third-order valence-electron chi connectivity index (χ3n) is 2.88. The van der Waals surface area contributed by atoms with E-state index in [0.717, 1.165) is 11.3 Å². The average Bonchev–Trinajstić information content (AvgIpc) is 2.84. The highest BCUT2D eigenvalue weighted by molar-refractivity contribution is 6.09. The third-order valence-corrected chi connectivity index (χ3v) is 2.88. The molecule has 0 aromatic carbocycles.